The van der Waals surface area contributed by atoms with E-state index in [0.717, 1.165) is 17.9 Å². The lowest BCUT2D eigenvalue weighted by molar-refractivity contribution is -0.384. The van der Waals surface area contributed by atoms with E-state index in [1.807, 2.05) is 37.3 Å². The second-order valence-corrected chi connectivity index (χ2v) is 7.00. The second-order valence-electron chi connectivity index (χ2n) is 4.98. The molecule has 0 aliphatic carbocycles. The van der Waals surface area contributed by atoms with Gasteiger partial charge in [0, 0.05) is 18.4 Å². The Balaban J connectivity index is 2.37. The molecule has 116 valence electrons. The first kappa shape index (κ1) is 16.0. The molecular weight excluding hydrogens is 304 g/mol. The lowest BCUT2D eigenvalue weighted by Gasteiger charge is -2.16. The van der Waals surface area contributed by atoms with Crippen LogP contribution >= 0.6 is 0 Å². The summed E-state index contributed by atoms with van der Waals surface area (Å²) in [5, 5.41) is 14.2. The Hall–Kier alpha value is -2.41. The maximum absolute atomic E-state index is 11.5. The van der Waals surface area contributed by atoms with Crippen molar-refractivity contribution in [2.24, 2.45) is 0 Å². The van der Waals surface area contributed by atoms with Crippen molar-refractivity contribution in [2.75, 3.05) is 11.6 Å². The van der Waals surface area contributed by atoms with Crippen molar-refractivity contribution in [1.82, 2.24) is 0 Å². The van der Waals surface area contributed by atoms with Gasteiger partial charge in [-0.2, -0.15) is 0 Å². The number of nitro benzene ring substituents is 1. The number of anilines is 1. The number of nitro groups is 1. The van der Waals surface area contributed by atoms with E-state index in [0.29, 0.717) is 0 Å². The Morgan fingerprint density at radius 1 is 1.14 bits per heavy atom. The summed E-state index contributed by atoms with van der Waals surface area (Å²) >= 11 is 0. The molecule has 0 unspecified atom stereocenters. The molecule has 2 aromatic rings. The predicted octanol–water partition coefficient (Wildman–Crippen LogP) is 3.17. The van der Waals surface area contributed by atoms with Gasteiger partial charge in [-0.05, 0) is 24.6 Å². The number of rotatable bonds is 5. The number of nitrogens with one attached hydrogen (secondary N) is 1. The topological polar surface area (TPSA) is 89.3 Å². The molecule has 0 saturated carbocycles. The van der Waals surface area contributed by atoms with Gasteiger partial charge in [0.25, 0.3) is 5.69 Å². The Morgan fingerprint density at radius 2 is 1.77 bits per heavy atom. The van der Waals surface area contributed by atoms with Crippen molar-refractivity contribution >= 4 is 21.2 Å². The maximum Gasteiger partial charge on any atom is 0.293 e. The van der Waals surface area contributed by atoms with E-state index in [1.54, 1.807) is 0 Å². The fraction of sp³-hybridized carbons (Fsp3) is 0.200. The molecular formula is C15H16N2O4S. The van der Waals surface area contributed by atoms with Crippen LogP contribution in [0, 0.1) is 10.1 Å². The third kappa shape index (κ3) is 3.62. The Kier molecular flexibility index (Phi) is 4.46. The summed E-state index contributed by atoms with van der Waals surface area (Å²) < 4.78 is 23.0. The molecule has 0 radical (unpaired) electrons. The van der Waals surface area contributed by atoms with Crippen LogP contribution in [0.2, 0.25) is 0 Å². The van der Waals surface area contributed by atoms with Crippen LogP contribution < -0.4 is 5.32 Å². The van der Waals surface area contributed by atoms with Crippen LogP contribution in [0.15, 0.2) is 53.4 Å². The summed E-state index contributed by atoms with van der Waals surface area (Å²) in [4.78, 5) is 10.5. The Morgan fingerprint density at radius 3 is 2.32 bits per heavy atom. The molecule has 6 nitrogen and oxygen atoms in total. The molecule has 0 fully saturated rings. The molecule has 22 heavy (non-hydrogen) atoms. The maximum atomic E-state index is 11.5. The fourth-order valence-corrected chi connectivity index (χ4v) is 2.71. The first-order valence-corrected chi connectivity index (χ1v) is 8.48. The number of sulfone groups is 1. The van der Waals surface area contributed by atoms with Crippen LogP contribution in [-0.4, -0.2) is 19.6 Å². The van der Waals surface area contributed by atoms with Gasteiger partial charge in [0.15, 0.2) is 9.84 Å². The highest BCUT2D eigenvalue weighted by atomic mass is 32.2. The molecule has 2 aromatic carbocycles. The zero-order chi connectivity index (χ0) is 16.3. The first-order chi connectivity index (χ1) is 10.3. The van der Waals surface area contributed by atoms with Crippen LogP contribution in [0.25, 0.3) is 0 Å². The molecule has 0 heterocycles. The minimum Gasteiger partial charge on any atom is -0.373 e. The average molecular weight is 320 g/mol. The van der Waals surface area contributed by atoms with Crippen LogP contribution in [0.3, 0.4) is 0 Å². The van der Waals surface area contributed by atoms with E-state index in [9.17, 15) is 18.5 Å². The zero-order valence-corrected chi connectivity index (χ0v) is 13.0. The van der Waals surface area contributed by atoms with Gasteiger partial charge in [-0.3, -0.25) is 10.1 Å². The Labute approximate surface area is 128 Å². The lowest BCUT2D eigenvalue weighted by atomic mass is 10.1. The van der Waals surface area contributed by atoms with Crippen LogP contribution in [0.1, 0.15) is 18.5 Å². The van der Waals surface area contributed by atoms with Gasteiger partial charge >= 0.3 is 0 Å². The molecule has 7 heteroatoms. The number of nitrogens with zero attached hydrogens (tertiary/aromatic N) is 1. The molecule has 1 atom stereocenters. The highest BCUT2D eigenvalue weighted by Gasteiger charge is 2.20. The SMILES string of the molecule is C[C@H](Nc1ccc(S(C)(=O)=O)cc1[N+](=O)[O-])c1ccccc1. The van der Waals surface area contributed by atoms with E-state index in [2.05, 4.69) is 5.32 Å². The van der Waals surface area contributed by atoms with Crippen LogP contribution in [0.5, 0.6) is 0 Å². The highest BCUT2D eigenvalue weighted by Crippen LogP contribution is 2.30. The van der Waals surface area contributed by atoms with Crippen LogP contribution in [-0.2, 0) is 9.84 Å². The summed E-state index contributed by atoms with van der Waals surface area (Å²) in [6, 6.07) is 13.2. The van der Waals surface area contributed by atoms with Crippen molar-refractivity contribution in [3.8, 4) is 0 Å². The second kappa shape index (κ2) is 6.15. The largest absolute Gasteiger partial charge is 0.373 e. The highest BCUT2D eigenvalue weighted by molar-refractivity contribution is 7.90. The summed E-state index contributed by atoms with van der Waals surface area (Å²) in [5.41, 5.74) is 1.00. The monoisotopic (exact) mass is 320 g/mol. The number of hydrogen-bond acceptors (Lipinski definition) is 5. The van der Waals surface area contributed by atoms with E-state index in [4.69, 9.17) is 0 Å². The zero-order valence-electron chi connectivity index (χ0n) is 12.2. The molecule has 0 saturated heterocycles. The van der Waals surface area contributed by atoms with Crippen molar-refractivity contribution in [1.29, 1.82) is 0 Å². The van der Waals surface area contributed by atoms with Gasteiger partial charge in [0.05, 0.1) is 9.82 Å². The van der Waals surface area contributed by atoms with Gasteiger partial charge in [-0.25, -0.2) is 8.42 Å². The third-order valence-electron chi connectivity index (χ3n) is 3.27. The van der Waals surface area contributed by atoms with Gasteiger partial charge < -0.3 is 5.32 Å². The van der Waals surface area contributed by atoms with Gasteiger partial charge in [0.1, 0.15) is 5.69 Å². The molecule has 0 bridgehead atoms. The minimum atomic E-state index is -3.49. The predicted molar refractivity (Wildman–Crippen MR) is 84.7 cm³/mol. The molecule has 0 aliphatic heterocycles. The summed E-state index contributed by atoms with van der Waals surface area (Å²) in [5.74, 6) is 0. The van der Waals surface area contributed by atoms with Crippen molar-refractivity contribution in [2.45, 2.75) is 17.9 Å². The van der Waals surface area contributed by atoms with Crippen LogP contribution in [0.4, 0.5) is 11.4 Å². The molecule has 0 spiro atoms. The quantitative estimate of drug-likeness (QED) is 0.675. The smallest absolute Gasteiger partial charge is 0.293 e. The van der Waals surface area contributed by atoms with E-state index >= 15 is 0 Å². The summed E-state index contributed by atoms with van der Waals surface area (Å²) in [7, 11) is -3.49. The fourth-order valence-electron chi connectivity index (χ4n) is 2.07. The number of hydrogen-bond donors (Lipinski definition) is 1. The first-order valence-electron chi connectivity index (χ1n) is 6.59. The average Bonchev–Trinajstić information content (AvgIpc) is 2.47. The van der Waals surface area contributed by atoms with Gasteiger partial charge in [-0.1, -0.05) is 30.3 Å². The molecule has 2 rings (SSSR count). The molecule has 0 aliphatic rings. The molecule has 1 N–H and O–H groups in total. The van der Waals surface area contributed by atoms with Crippen molar-refractivity contribution < 1.29 is 13.3 Å². The standard InChI is InChI=1S/C15H16N2O4S/c1-11(12-6-4-3-5-7-12)16-14-9-8-13(22(2,20)21)10-15(14)17(18)19/h3-11,16H,1-2H3/t11-/m0/s1. The van der Waals surface area contributed by atoms with Crippen molar-refractivity contribution in [3.63, 3.8) is 0 Å². The molecule has 0 aromatic heterocycles. The summed E-state index contributed by atoms with van der Waals surface area (Å²) in [6.07, 6.45) is 1.02. The lowest BCUT2D eigenvalue weighted by Crippen LogP contribution is -2.09. The molecule has 0 amide bonds. The van der Waals surface area contributed by atoms with E-state index in [-0.39, 0.29) is 22.3 Å². The Bertz CT molecular complexity index is 788. The third-order valence-corrected chi connectivity index (χ3v) is 4.38. The van der Waals surface area contributed by atoms with Crippen molar-refractivity contribution in [3.05, 3.63) is 64.2 Å². The minimum absolute atomic E-state index is 0.0721. The van der Waals surface area contributed by atoms with E-state index in [1.165, 1.54) is 12.1 Å². The normalized spacial score (nSPS) is 12.6. The number of benzene rings is 2. The summed E-state index contributed by atoms with van der Waals surface area (Å²) in [6.45, 7) is 1.88. The van der Waals surface area contributed by atoms with Gasteiger partial charge in [-0.15, -0.1) is 0 Å². The van der Waals surface area contributed by atoms with Gasteiger partial charge in [0.2, 0.25) is 0 Å². The van der Waals surface area contributed by atoms with E-state index < -0.39 is 14.8 Å².